The molecule has 0 bridgehead atoms. The number of aliphatic hydroxyl groups excluding tert-OH is 1. The van der Waals surface area contributed by atoms with Crippen LogP contribution in [0.1, 0.15) is 10.4 Å². The van der Waals surface area contributed by atoms with Crippen LogP contribution in [0.4, 0.5) is 0 Å². The lowest BCUT2D eigenvalue weighted by Gasteiger charge is -2.10. The Morgan fingerprint density at radius 1 is 1.44 bits per heavy atom. The van der Waals surface area contributed by atoms with E-state index in [0.717, 1.165) is 4.88 Å². The lowest BCUT2D eigenvalue weighted by molar-refractivity contribution is 0.260. The molecular formula is C11H10ClNO2S. The molecule has 0 aliphatic rings. The molecule has 2 aromatic rings. The van der Waals surface area contributed by atoms with Gasteiger partial charge in [0.2, 0.25) is 0 Å². The molecule has 0 spiro atoms. The lowest BCUT2D eigenvalue weighted by atomic mass is 10.2. The average Bonchev–Trinajstić information content (AvgIpc) is 2.80. The molecule has 0 radical (unpaired) electrons. The van der Waals surface area contributed by atoms with Gasteiger partial charge in [0.15, 0.2) is 0 Å². The molecule has 2 rings (SSSR count). The van der Waals surface area contributed by atoms with Crippen LogP contribution in [0.5, 0.6) is 5.75 Å². The molecular weight excluding hydrogens is 246 g/mol. The maximum absolute atomic E-state index is 9.15. The van der Waals surface area contributed by atoms with Crippen LogP contribution in [-0.4, -0.2) is 10.1 Å². The summed E-state index contributed by atoms with van der Waals surface area (Å²) in [4.78, 5) is 4.97. The van der Waals surface area contributed by atoms with Gasteiger partial charge in [-0.25, -0.2) is 0 Å². The Bertz CT molecular complexity index is 459. The summed E-state index contributed by atoms with van der Waals surface area (Å²) >= 11 is 7.52. The molecule has 0 amide bonds. The van der Waals surface area contributed by atoms with Gasteiger partial charge in [0.25, 0.3) is 0 Å². The molecule has 84 valence electrons. The maximum atomic E-state index is 9.15. The van der Waals surface area contributed by atoms with E-state index in [4.69, 9.17) is 21.4 Å². The summed E-state index contributed by atoms with van der Waals surface area (Å²) in [6.07, 6.45) is 1.75. The summed E-state index contributed by atoms with van der Waals surface area (Å²) in [7, 11) is 0. The maximum Gasteiger partial charge on any atom is 0.143 e. The third-order valence-corrected chi connectivity index (χ3v) is 3.11. The molecule has 16 heavy (non-hydrogen) atoms. The zero-order chi connectivity index (χ0) is 11.4. The Morgan fingerprint density at radius 3 is 3.00 bits per heavy atom. The summed E-state index contributed by atoms with van der Waals surface area (Å²) in [6, 6.07) is 5.31. The smallest absolute Gasteiger partial charge is 0.143 e. The molecule has 0 saturated heterocycles. The summed E-state index contributed by atoms with van der Waals surface area (Å²) in [5.41, 5.74) is 2.44. The van der Waals surface area contributed by atoms with Crippen LogP contribution in [0.3, 0.4) is 0 Å². The van der Waals surface area contributed by atoms with E-state index in [1.54, 1.807) is 29.9 Å². The Hall–Kier alpha value is -1.10. The predicted molar refractivity (Wildman–Crippen MR) is 63.8 cm³/mol. The van der Waals surface area contributed by atoms with Crippen LogP contribution in [0.25, 0.3) is 0 Å². The van der Waals surface area contributed by atoms with E-state index in [9.17, 15) is 0 Å². The van der Waals surface area contributed by atoms with E-state index in [-0.39, 0.29) is 6.61 Å². The number of nitrogens with zero attached hydrogens (tertiary/aromatic N) is 1. The van der Waals surface area contributed by atoms with Gasteiger partial charge in [0.05, 0.1) is 22.0 Å². The van der Waals surface area contributed by atoms with Crippen molar-refractivity contribution in [1.29, 1.82) is 0 Å². The molecule has 5 heteroatoms. The number of para-hydroxylation sites is 1. The highest BCUT2D eigenvalue weighted by molar-refractivity contribution is 7.09. The van der Waals surface area contributed by atoms with Crippen molar-refractivity contribution in [3.8, 4) is 5.75 Å². The van der Waals surface area contributed by atoms with Crippen LogP contribution in [0, 0.1) is 0 Å². The van der Waals surface area contributed by atoms with E-state index < -0.39 is 0 Å². The SMILES string of the molecule is OCc1cccc(Cl)c1OCc1cncs1. The zero-order valence-corrected chi connectivity index (χ0v) is 9.96. The van der Waals surface area contributed by atoms with Crippen molar-refractivity contribution in [1.82, 2.24) is 4.98 Å². The van der Waals surface area contributed by atoms with Gasteiger partial charge in [0.1, 0.15) is 12.4 Å². The van der Waals surface area contributed by atoms with Gasteiger partial charge in [-0.05, 0) is 6.07 Å². The van der Waals surface area contributed by atoms with E-state index in [0.29, 0.717) is 22.9 Å². The number of ether oxygens (including phenoxy) is 1. The highest BCUT2D eigenvalue weighted by Crippen LogP contribution is 2.29. The first-order valence-corrected chi connectivity index (χ1v) is 5.95. The standard InChI is InChI=1S/C11H10ClNO2S/c12-10-3-1-2-8(5-14)11(10)15-6-9-4-13-7-16-9/h1-4,7,14H,5-6H2. The molecule has 0 atom stereocenters. The summed E-state index contributed by atoms with van der Waals surface area (Å²) in [5, 5.41) is 9.66. The first-order valence-electron chi connectivity index (χ1n) is 4.69. The topological polar surface area (TPSA) is 42.4 Å². The molecule has 0 fully saturated rings. The number of hydrogen-bond acceptors (Lipinski definition) is 4. The molecule has 0 aliphatic heterocycles. The number of benzene rings is 1. The van der Waals surface area contributed by atoms with Crippen LogP contribution < -0.4 is 4.74 Å². The first kappa shape index (κ1) is 11.4. The van der Waals surface area contributed by atoms with Crippen molar-refractivity contribution in [2.45, 2.75) is 13.2 Å². The van der Waals surface area contributed by atoms with E-state index >= 15 is 0 Å². The molecule has 3 nitrogen and oxygen atoms in total. The van der Waals surface area contributed by atoms with Gasteiger partial charge >= 0.3 is 0 Å². The van der Waals surface area contributed by atoms with E-state index in [1.165, 1.54) is 11.3 Å². The third kappa shape index (κ3) is 2.52. The molecule has 0 saturated carbocycles. The number of halogens is 1. The Balaban J connectivity index is 2.14. The minimum Gasteiger partial charge on any atom is -0.486 e. The third-order valence-electron chi connectivity index (χ3n) is 2.06. The summed E-state index contributed by atoms with van der Waals surface area (Å²) in [5.74, 6) is 0.542. The van der Waals surface area contributed by atoms with Crippen LogP contribution in [0.15, 0.2) is 29.9 Å². The van der Waals surface area contributed by atoms with Gasteiger partial charge in [-0.15, -0.1) is 11.3 Å². The Kier molecular flexibility index (Phi) is 3.77. The minimum atomic E-state index is -0.0847. The van der Waals surface area contributed by atoms with Crippen LogP contribution in [-0.2, 0) is 13.2 Å². The largest absolute Gasteiger partial charge is 0.486 e. The van der Waals surface area contributed by atoms with Gasteiger partial charge in [-0.2, -0.15) is 0 Å². The molecule has 0 aliphatic carbocycles. The number of hydrogen-bond donors (Lipinski definition) is 1. The van der Waals surface area contributed by atoms with Crippen molar-refractivity contribution in [2.24, 2.45) is 0 Å². The van der Waals surface area contributed by atoms with Crippen molar-refractivity contribution in [2.75, 3.05) is 0 Å². The van der Waals surface area contributed by atoms with Crippen LogP contribution in [0.2, 0.25) is 5.02 Å². The quantitative estimate of drug-likeness (QED) is 0.914. The van der Waals surface area contributed by atoms with Gasteiger partial charge in [0, 0.05) is 11.8 Å². The Morgan fingerprint density at radius 2 is 2.31 bits per heavy atom. The average molecular weight is 256 g/mol. The fourth-order valence-electron chi connectivity index (χ4n) is 1.30. The second-order valence-electron chi connectivity index (χ2n) is 3.14. The molecule has 1 N–H and O–H groups in total. The predicted octanol–water partition coefficient (Wildman–Crippen LogP) is 2.87. The number of aromatic nitrogens is 1. The van der Waals surface area contributed by atoms with Crippen molar-refractivity contribution in [3.63, 3.8) is 0 Å². The van der Waals surface area contributed by atoms with Gasteiger partial charge < -0.3 is 9.84 Å². The van der Waals surface area contributed by atoms with Gasteiger partial charge in [-0.1, -0.05) is 23.7 Å². The number of thiazole rings is 1. The molecule has 1 heterocycles. The summed E-state index contributed by atoms with van der Waals surface area (Å²) in [6.45, 7) is 0.333. The lowest BCUT2D eigenvalue weighted by Crippen LogP contribution is -1.98. The normalized spacial score (nSPS) is 10.4. The number of aliphatic hydroxyl groups is 1. The van der Waals surface area contributed by atoms with E-state index in [2.05, 4.69) is 4.98 Å². The number of rotatable bonds is 4. The molecule has 1 aromatic carbocycles. The fourth-order valence-corrected chi connectivity index (χ4v) is 2.05. The second kappa shape index (κ2) is 5.30. The summed E-state index contributed by atoms with van der Waals surface area (Å²) < 4.78 is 5.58. The fraction of sp³-hybridized carbons (Fsp3) is 0.182. The van der Waals surface area contributed by atoms with Crippen molar-refractivity contribution in [3.05, 3.63) is 45.4 Å². The monoisotopic (exact) mass is 255 g/mol. The van der Waals surface area contributed by atoms with Crippen molar-refractivity contribution < 1.29 is 9.84 Å². The minimum absolute atomic E-state index is 0.0847. The highest BCUT2D eigenvalue weighted by atomic mass is 35.5. The van der Waals surface area contributed by atoms with Gasteiger partial charge in [-0.3, -0.25) is 4.98 Å². The van der Waals surface area contributed by atoms with E-state index in [1.807, 2.05) is 0 Å². The molecule has 1 aromatic heterocycles. The first-order chi connectivity index (χ1) is 7.81. The van der Waals surface area contributed by atoms with Crippen LogP contribution >= 0.6 is 22.9 Å². The zero-order valence-electron chi connectivity index (χ0n) is 8.39. The Labute approximate surface area is 102 Å². The molecule has 0 unspecified atom stereocenters. The second-order valence-corrected chi connectivity index (χ2v) is 4.52. The van der Waals surface area contributed by atoms with Crippen molar-refractivity contribution >= 4 is 22.9 Å². The highest BCUT2D eigenvalue weighted by Gasteiger charge is 2.08.